The van der Waals surface area contributed by atoms with Gasteiger partial charge in [-0.05, 0) is 18.2 Å². The van der Waals surface area contributed by atoms with Gasteiger partial charge in [-0.3, -0.25) is 0 Å². The van der Waals surface area contributed by atoms with Crippen molar-refractivity contribution in [2.24, 2.45) is 0 Å². The van der Waals surface area contributed by atoms with Crippen molar-refractivity contribution in [3.8, 4) is 5.75 Å². The SMILES string of the molecule is COc1ccc(S(=O)(=O)Cl)c(C(F)F)c1. The Morgan fingerprint density at radius 2 is 2.00 bits per heavy atom. The molecule has 0 aromatic heterocycles. The van der Waals surface area contributed by atoms with E-state index in [4.69, 9.17) is 15.4 Å². The van der Waals surface area contributed by atoms with Crippen LogP contribution in [0.5, 0.6) is 5.75 Å². The molecule has 0 heterocycles. The average molecular weight is 257 g/mol. The molecule has 0 aliphatic heterocycles. The van der Waals surface area contributed by atoms with Crippen LogP contribution >= 0.6 is 10.7 Å². The first-order valence-corrected chi connectivity index (χ1v) is 6.08. The number of halogens is 3. The highest BCUT2D eigenvalue weighted by molar-refractivity contribution is 8.13. The van der Waals surface area contributed by atoms with E-state index in [1.54, 1.807) is 0 Å². The van der Waals surface area contributed by atoms with Gasteiger partial charge < -0.3 is 4.74 Å². The van der Waals surface area contributed by atoms with Gasteiger partial charge in [0.05, 0.1) is 12.0 Å². The summed E-state index contributed by atoms with van der Waals surface area (Å²) in [7, 11) is 2.13. The van der Waals surface area contributed by atoms with Crippen LogP contribution in [0.15, 0.2) is 23.1 Å². The van der Waals surface area contributed by atoms with Crippen molar-refractivity contribution in [1.82, 2.24) is 0 Å². The summed E-state index contributed by atoms with van der Waals surface area (Å²) >= 11 is 0. The number of alkyl halides is 2. The van der Waals surface area contributed by atoms with Crippen LogP contribution in [0.4, 0.5) is 8.78 Å². The normalized spacial score (nSPS) is 11.8. The van der Waals surface area contributed by atoms with Crippen LogP contribution in [-0.2, 0) is 9.05 Å². The molecule has 0 bridgehead atoms. The van der Waals surface area contributed by atoms with Crippen molar-refractivity contribution in [2.45, 2.75) is 11.3 Å². The molecule has 0 saturated carbocycles. The van der Waals surface area contributed by atoms with Crippen LogP contribution in [0.3, 0.4) is 0 Å². The Kier molecular flexibility index (Phi) is 3.51. The highest BCUT2D eigenvalue weighted by atomic mass is 35.7. The van der Waals surface area contributed by atoms with Crippen LogP contribution in [0.1, 0.15) is 12.0 Å². The largest absolute Gasteiger partial charge is 0.497 e. The lowest BCUT2D eigenvalue weighted by molar-refractivity contribution is 0.147. The summed E-state index contributed by atoms with van der Waals surface area (Å²) < 4.78 is 51.6. The van der Waals surface area contributed by atoms with E-state index in [0.29, 0.717) is 0 Å². The Hall–Kier alpha value is -0.880. The summed E-state index contributed by atoms with van der Waals surface area (Å²) in [6, 6.07) is 3.18. The molecule has 0 amide bonds. The van der Waals surface area contributed by atoms with Gasteiger partial charge in [-0.15, -0.1) is 0 Å². The second kappa shape index (κ2) is 4.32. The smallest absolute Gasteiger partial charge is 0.265 e. The molecule has 1 aromatic carbocycles. The van der Waals surface area contributed by atoms with E-state index < -0.39 is 25.9 Å². The first-order chi connectivity index (χ1) is 6.86. The Bertz CT molecular complexity index is 459. The fourth-order valence-electron chi connectivity index (χ4n) is 1.05. The molecule has 1 rings (SSSR count). The zero-order valence-electron chi connectivity index (χ0n) is 7.58. The lowest BCUT2D eigenvalue weighted by Gasteiger charge is -2.07. The third-order valence-electron chi connectivity index (χ3n) is 1.71. The molecule has 0 unspecified atom stereocenters. The molecule has 0 aliphatic carbocycles. The Morgan fingerprint density at radius 1 is 1.40 bits per heavy atom. The number of benzene rings is 1. The number of methoxy groups -OCH3 is 1. The predicted molar refractivity (Wildman–Crippen MR) is 51.0 cm³/mol. The Balaban J connectivity index is 3.41. The third kappa shape index (κ3) is 2.79. The minimum absolute atomic E-state index is 0.148. The van der Waals surface area contributed by atoms with Gasteiger partial charge in [0.2, 0.25) is 0 Å². The molecular weight excluding hydrogens is 250 g/mol. The van der Waals surface area contributed by atoms with E-state index in [-0.39, 0.29) is 5.75 Å². The fourth-order valence-corrected chi connectivity index (χ4v) is 2.13. The van der Waals surface area contributed by atoms with Gasteiger partial charge in [0.25, 0.3) is 15.5 Å². The zero-order valence-corrected chi connectivity index (χ0v) is 9.15. The first-order valence-electron chi connectivity index (χ1n) is 3.77. The molecule has 0 fully saturated rings. The van der Waals surface area contributed by atoms with Crippen molar-refractivity contribution in [1.29, 1.82) is 0 Å². The number of rotatable bonds is 3. The second-order valence-electron chi connectivity index (χ2n) is 2.64. The molecule has 0 atom stereocenters. The lowest BCUT2D eigenvalue weighted by atomic mass is 10.2. The van der Waals surface area contributed by atoms with Gasteiger partial charge in [-0.2, -0.15) is 0 Å². The summed E-state index contributed by atoms with van der Waals surface area (Å²) in [5, 5.41) is 0. The average Bonchev–Trinajstić information content (AvgIpc) is 2.15. The quantitative estimate of drug-likeness (QED) is 0.781. The van der Waals surface area contributed by atoms with Crippen molar-refractivity contribution in [3.05, 3.63) is 23.8 Å². The highest BCUT2D eigenvalue weighted by Crippen LogP contribution is 2.31. The van der Waals surface area contributed by atoms with Gasteiger partial charge in [-0.1, -0.05) is 0 Å². The van der Waals surface area contributed by atoms with Crippen molar-refractivity contribution in [2.75, 3.05) is 7.11 Å². The summed E-state index contributed by atoms with van der Waals surface area (Å²) in [6.07, 6.45) is -2.93. The molecule has 0 saturated heterocycles. The van der Waals surface area contributed by atoms with Crippen LogP contribution < -0.4 is 4.74 Å². The standard InChI is InChI=1S/C8H7ClF2O3S/c1-14-5-2-3-7(15(9,12)13)6(4-5)8(10)11/h2-4,8H,1H3. The van der Waals surface area contributed by atoms with Crippen LogP contribution in [0.25, 0.3) is 0 Å². The topological polar surface area (TPSA) is 43.4 Å². The first kappa shape index (κ1) is 12.2. The van der Waals surface area contributed by atoms with Gasteiger partial charge in [0.15, 0.2) is 0 Å². The van der Waals surface area contributed by atoms with Crippen molar-refractivity contribution >= 4 is 19.7 Å². The summed E-state index contributed by atoms with van der Waals surface area (Å²) in [6.45, 7) is 0. The zero-order chi connectivity index (χ0) is 11.6. The van der Waals surface area contributed by atoms with E-state index in [1.807, 2.05) is 0 Å². The van der Waals surface area contributed by atoms with E-state index in [1.165, 1.54) is 13.2 Å². The number of hydrogen-bond donors (Lipinski definition) is 0. The summed E-state index contributed by atoms with van der Waals surface area (Å²) in [4.78, 5) is -0.597. The van der Waals surface area contributed by atoms with E-state index in [0.717, 1.165) is 12.1 Å². The lowest BCUT2D eigenvalue weighted by Crippen LogP contribution is -1.99. The molecule has 0 aliphatic rings. The minimum Gasteiger partial charge on any atom is -0.497 e. The molecule has 84 valence electrons. The van der Waals surface area contributed by atoms with E-state index >= 15 is 0 Å². The van der Waals surface area contributed by atoms with E-state index in [9.17, 15) is 17.2 Å². The number of hydrogen-bond acceptors (Lipinski definition) is 3. The van der Waals surface area contributed by atoms with Crippen LogP contribution in [0.2, 0.25) is 0 Å². The molecule has 0 spiro atoms. The Labute approximate surface area is 90.0 Å². The summed E-state index contributed by atoms with van der Waals surface area (Å²) in [5.74, 6) is 0.148. The molecule has 3 nitrogen and oxygen atoms in total. The molecule has 0 radical (unpaired) electrons. The highest BCUT2D eigenvalue weighted by Gasteiger charge is 2.22. The van der Waals surface area contributed by atoms with Gasteiger partial charge in [-0.25, -0.2) is 17.2 Å². The van der Waals surface area contributed by atoms with Gasteiger partial charge >= 0.3 is 0 Å². The van der Waals surface area contributed by atoms with Crippen LogP contribution in [0, 0.1) is 0 Å². The van der Waals surface area contributed by atoms with Gasteiger partial charge in [0, 0.05) is 16.2 Å². The maximum Gasteiger partial charge on any atom is 0.265 e. The van der Waals surface area contributed by atoms with Crippen molar-refractivity contribution in [3.63, 3.8) is 0 Å². The number of ether oxygens (including phenoxy) is 1. The fraction of sp³-hybridized carbons (Fsp3) is 0.250. The van der Waals surface area contributed by atoms with Gasteiger partial charge in [0.1, 0.15) is 5.75 Å². The third-order valence-corrected chi connectivity index (χ3v) is 3.11. The molecular formula is C8H7ClF2O3S. The molecule has 7 heteroatoms. The predicted octanol–water partition coefficient (Wildman–Crippen LogP) is 2.56. The maximum absolute atomic E-state index is 12.5. The van der Waals surface area contributed by atoms with Crippen LogP contribution in [-0.4, -0.2) is 15.5 Å². The Morgan fingerprint density at radius 3 is 2.40 bits per heavy atom. The molecule has 0 N–H and O–H groups in total. The second-order valence-corrected chi connectivity index (χ2v) is 5.18. The monoisotopic (exact) mass is 256 g/mol. The summed E-state index contributed by atoms with van der Waals surface area (Å²) in [5.41, 5.74) is -0.663. The maximum atomic E-state index is 12.5. The van der Waals surface area contributed by atoms with Crippen molar-refractivity contribution < 1.29 is 21.9 Å². The minimum atomic E-state index is -4.17. The molecule has 15 heavy (non-hydrogen) atoms. The molecule has 1 aromatic rings. The van der Waals surface area contributed by atoms with E-state index in [2.05, 4.69) is 0 Å².